The van der Waals surface area contributed by atoms with E-state index >= 15 is 0 Å². The van der Waals surface area contributed by atoms with Crippen molar-refractivity contribution in [2.75, 3.05) is 16.8 Å². The minimum atomic E-state index is -0.289. The zero-order valence-corrected chi connectivity index (χ0v) is 16.5. The molecule has 1 atom stereocenters. The summed E-state index contributed by atoms with van der Waals surface area (Å²) in [5.41, 5.74) is 4.35. The van der Waals surface area contributed by atoms with Crippen LogP contribution in [0, 0.1) is 0 Å². The number of rotatable bonds is 3. The van der Waals surface area contributed by atoms with Gasteiger partial charge in [0, 0.05) is 36.3 Å². The van der Waals surface area contributed by atoms with Gasteiger partial charge in [0.05, 0.1) is 16.6 Å². The minimum absolute atomic E-state index is 0.153. The Hall–Kier alpha value is -3.29. The van der Waals surface area contributed by atoms with Crippen LogP contribution in [0.5, 0.6) is 0 Å². The molecule has 3 heterocycles. The molecule has 1 saturated heterocycles. The molecule has 0 radical (unpaired) electrons. The van der Waals surface area contributed by atoms with E-state index in [1.165, 1.54) is 12.5 Å². The number of anilines is 2. The summed E-state index contributed by atoms with van der Waals surface area (Å²) < 4.78 is 0. The number of aromatic nitrogens is 4. The number of hydrogen-bond acceptors (Lipinski definition) is 6. The van der Waals surface area contributed by atoms with Crippen LogP contribution < -0.4 is 15.8 Å². The van der Waals surface area contributed by atoms with Gasteiger partial charge in [-0.1, -0.05) is 6.07 Å². The first kappa shape index (κ1) is 17.8. The van der Waals surface area contributed by atoms with E-state index in [0.29, 0.717) is 16.9 Å². The lowest BCUT2D eigenvalue weighted by atomic mass is 10.0. The Balaban J connectivity index is 1.63. The number of aryl methyl sites for hydroxylation is 1. The van der Waals surface area contributed by atoms with Crippen molar-refractivity contribution in [1.82, 2.24) is 19.9 Å². The molecule has 2 aromatic heterocycles. The van der Waals surface area contributed by atoms with Crippen molar-refractivity contribution >= 4 is 28.7 Å². The molecule has 8 heteroatoms. The molecule has 8 nitrogen and oxygen atoms in total. The lowest BCUT2D eigenvalue weighted by Gasteiger charge is -2.39. The van der Waals surface area contributed by atoms with Gasteiger partial charge in [0.1, 0.15) is 0 Å². The molecule has 2 aliphatic rings. The van der Waals surface area contributed by atoms with E-state index < -0.39 is 0 Å². The van der Waals surface area contributed by atoms with Crippen LogP contribution in [-0.2, 0) is 17.6 Å². The van der Waals surface area contributed by atoms with Gasteiger partial charge in [0.15, 0.2) is 0 Å². The summed E-state index contributed by atoms with van der Waals surface area (Å²) in [6.45, 7) is 4.54. The number of H-pyrrole nitrogens is 1. The molecule has 1 unspecified atom stereocenters. The van der Waals surface area contributed by atoms with Crippen LogP contribution >= 0.6 is 0 Å². The topological polar surface area (TPSA) is 104 Å². The molecular formula is C21H22N6O2. The largest absolute Gasteiger partial charge is 0.338 e. The number of amides is 1. The molecule has 29 heavy (non-hydrogen) atoms. The molecule has 1 fully saturated rings. The molecule has 1 amide bonds. The number of nitrogens with zero attached hydrogens (tertiary/aromatic N) is 4. The van der Waals surface area contributed by atoms with Crippen LogP contribution in [0.25, 0.3) is 22.2 Å². The molecule has 5 rings (SSSR count). The van der Waals surface area contributed by atoms with Gasteiger partial charge in [0.25, 0.3) is 5.56 Å². The van der Waals surface area contributed by atoms with E-state index in [2.05, 4.69) is 27.1 Å². The van der Waals surface area contributed by atoms with Gasteiger partial charge in [-0.25, -0.2) is 15.0 Å². The van der Waals surface area contributed by atoms with E-state index in [1.807, 2.05) is 12.1 Å². The molecule has 2 N–H and O–H groups in total. The van der Waals surface area contributed by atoms with Gasteiger partial charge in [0.2, 0.25) is 17.8 Å². The predicted octanol–water partition coefficient (Wildman–Crippen LogP) is 2.43. The third kappa shape index (κ3) is 3.04. The molecule has 0 bridgehead atoms. The van der Waals surface area contributed by atoms with Crippen LogP contribution in [0.2, 0.25) is 0 Å². The van der Waals surface area contributed by atoms with E-state index in [4.69, 9.17) is 9.97 Å². The molecule has 148 valence electrons. The second-order valence-corrected chi connectivity index (χ2v) is 7.81. The Morgan fingerprint density at radius 2 is 2.10 bits per heavy atom. The zero-order valence-electron chi connectivity index (χ0n) is 16.5. The van der Waals surface area contributed by atoms with Gasteiger partial charge in [-0.15, -0.1) is 0 Å². The maximum atomic E-state index is 12.6. The SMILES string of the molecule is CC(=O)Nc1nc2ccc(-c3nc(N4CCC4C)nc4c3CCC4)cc2c(=O)[nH]1. The fourth-order valence-corrected chi connectivity index (χ4v) is 4.11. The van der Waals surface area contributed by atoms with Crippen molar-refractivity contribution in [3.8, 4) is 11.3 Å². The van der Waals surface area contributed by atoms with Crippen molar-refractivity contribution in [2.24, 2.45) is 0 Å². The number of nitrogens with one attached hydrogen (secondary N) is 2. The summed E-state index contributed by atoms with van der Waals surface area (Å²) in [6.07, 6.45) is 4.15. The van der Waals surface area contributed by atoms with Gasteiger partial charge < -0.3 is 4.90 Å². The molecule has 1 aromatic carbocycles. The fourth-order valence-electron chi connectivity index (χ4n) is 4.11. The molecule has 0 saturated carbocycles. The zero-order chi connectivity index (χ0) is 20.1. The second kappa shape index (κ2) is 6.65. The highest BCUT2D eigenvalue weighted by Gasteiger charge is 2.29. The number of fused-ring (bicyclic) bond motifs is 2. The number of aromatic amines is 1. The Morgan fingerprint density at radius 3 is 2.83 bits per heavy atom. The predicted molar refractivity (Wildman–Crippen MR) is 111 cm³/mol. The summed E-state index contributed by atoms with van der Waals surface area (Å²) >= 11 is 0. The summed E-state index contributed by atoms with van der Waals surface area (Å²) in [6, 6.07) is 6.04. The monoisotopic (exact) mass is 390 g/mol. The summed E-state index contributed by atoms with van der Waals surface area (Å²) in [5.74, 6) is 0.653. The van der Waals surface area contributed by atoms with Gasteiger partial charge >= 0.3 is 0 Å². The Labute approximate surface area is 167 Å². The Kier molecular flexibility index (Phi) is 4.08. The van der Waals surface area contributed by atoms with Gasteiger partial charge in [-0.2, -0.15) is 0 Å². The standard InChI is InChI=1S/C21H22N6O2/c1-11-8-9-27(11)21-24-16-5-3-4-14(16)18(25-21)13-6-7-17-15(10-13)19(29)26-20(23-17)22-12(2)28/h6-7,10-11H,3-5,8-9H2,1-2H3,(H2,22,23,26,28,29). The normalized spacial score (nSPS) is 17.9. The lowest BCUT2D eigenvalue weighted by molar-refractivity contribution is -0.114. The highest BCUT2D eigenvalue weighted by atomic mass is 16.1. The van der Waals surface area contributed by atoms with E-state index in [0.717, 1.165) is 55.1 Å². The fraction of sp³-hybridized carbons (Fsp3) is 0.381. The van der Waals surface area contributed by atoms with Crippen molar-refractivity contribution < 1.29 is 4.79 Å². The average Bonchev–Trinajstić information content (AvgIpc) is 3.14. The number of carbonyl (C=O) groups excluding carboxylic acids is 1. The van der Waals surface area contributed by atoms with E-state index in [-0.39, 0.29) is 17.4 Å². The number of benzene rings is 1. The van der Waals surface area contributed by atoms with E-state index in [1.54, 1.807) is 6.07 Å². The maximum Gasteiger partial charge on any atom is 0.260 e. The van der Waals surface area contributed by atoms with Gasteiger partial charge in [-0.05, 0) is 44.7 Å². The average molecular weight is 390 g/mol. The first-order valence-corrected chi connectivity index (χ1v) is 9.98. The summed E-state index contributed by atoms with van der Waals surface area (Å²) in [5, 5.41) is 3.00. The van der Waals surface area contributed by atoms with Crippen LogP contribution in [-0.4, -0.2) is 38.4 Å². The highest BCUT2D eigenvalue weighted by molar-refractivity contribution is 5.89. The Bertz CT molecular complexity index is 1200. The summed E-state index contributed by atoms with van der Waals surface area (Å²) in [7, 11) is 0. The second-order valence-electron chi connectivity index (χ2n) is 7.81. The van der Waals surface area contributed by atoms with E-state index in [9.17, 15) is 9.59 Å². The molecular weight excluding hydrogens is 368 g/mol. The van der Waals surface area contributed by atoms with Gasteiger partial charge in [-0.3, -0.25) is 19.9 Å². The molecule has 1 aliphatic heterocycles. The number of carbonyl (C=O) groups is 1. The Morgan fingerprint density at radius 1 is 1.24 bits per heavy atom. The first-order chi connectivity index (χ1) is 14.0. The number of hydrogen-bond donors (Lipinski definition) is 2. The minimum Gasteiger partial charge on any atom is -0.338 e. The van der Waals surface area contributed by atoms with Crippen molar-refractivity contribution in [2.45, 2.75) is 45.6 Å². The quantitative estimate of drug-likeness (QED) is 0.712. The van der Waals surface area contributed by atoms with Crippen LogP contribution in [0.15, 0.2) is 23.0 Å². The third-order valence-corrected chi connectivity index (χ3v) is 5.77. The highest BCUT2D eigenvalue weighted by Crippen LogP contribution is 2.34. The van der Waals surface area contributed by atoms with Crippen LogP contribution in [0.3, 0.4) is 0 Å². The van der Waals surface area contributed by atoms with Crippen molar-refractivity contribution in [3.05, 3.63) is 39.8 Å². The van der Waals surface area contributed by atoms with Crippen molar-refractivity contribution in [1.29, 1.82) is 0 Å². The molecule has 0 spiro atoms. The summed E-state index contributed by atoms with van der Waals surface area (Å²) in [4.78, 5) is 42.8. The smallest absolute Gasteiger partial charge is 0.260 e. The molecule has 1 aliphatic carbocycles. The maximum absolute atomic E-state index is 12.6. The van der Waals surface area contributed by atoms with Crippen LogP contribution in [0.1, 0.15) is 37.9 Å². The lowest BCUT2D eigenvalue weighted by Crippen LogP contribution is -2.46. The first-order valence-electron chi connectivity index (χ1n) is 9.98. The van der Waals surface area contributed by atoms with Crippen LogP contribution in [0.4, 0.5) is 11.9 Å². The third-order valence-electron chi connectivity index (χ3n) is 5.77. The molecule has 3 aromatic rings. The van der Waals surface area contributed by atoms with Crippen molar-refractivity contribution in [3.63, 3.8) is 0 Å².